The number of esters is 1. The molecule has 3 aliphatic rings. The Morgan fingerprint density at radius 1 is 0.978 bits per heavy atom. The first-order chi connectivity index (χ1) is 21.1. The molecule has 0 aliphatic heterocycles. The number of carbonyl (C=O) groups is 5. The van der Waals surface area contributed by atoms with E-state index >= 15 is 0 Å². The summed E-state index contributed by atoms with van der Waals surface area (Å²) in [7, 11) is 1.63. The summed E-state index contributed by atoms with van der Waals surface area (Å²) in [6, 6.07) is 10.0. The molecule has 0 saturated heterocycles. The maximum absolute atomic E-state index is 14.7. The highest BCUT2D eigenvalue weighted by molar-refractivity contribution is 6.24. The first-order valence-electron chi connectivity index (χ1n) is 15.9. The Balaban J connectivity index is 1.64. The number of fused-ring (bicyclic) bond motifs is 3. The van der Waals surface area contributed by atoms with Crippen molar-refractivity contribution in [3.63, 3.8) is 0 Å². The Hall–Kier alpha value is -3.87. The summed E-state index contributed by atoms with van der Waals surface area (Å²) in [4.78, 5) is 66.3. The molecule has 238 valence electrons. The van der Waals surface area contributed by atoms with Crippen LogP contribution in [0.3, 0.4) is 0 Å². The van der Waals surface area contributed by atoms with Gasteiger partial charge in [0.25, 0.3) is 0 Å². The molecule has 1 saturated carbocycles. The van der Waals surface area contributed by atoms with Crippen LogP contribution in [0.4, 0.5) is 0 Å². The average molecular weight is 613 g/mol. The van der Waals surface area contributed by atoms with Gasteiger partial charge in [0.1, 0.15) is 17.5 Å². The van der Waals surface area contributed by atoms with Crippen molar-refractivity contribution >= 4 is 29.1 Å². The summed E-state index contributed by atoms with van der Waals surface area (Å²) in [5, 5.41) is 0. The number of Topliss-reactive ketones (excluding diaryl/α,β-unsaturated/α-hetero) is 4. The summed E-state index contributed by atoms with van der Waals surface area (Å²) in [5.74, 6) is -2.03. The largest absolute Gasteiger partial charge is 0.496 e. The number of ether oxygens (including phenoxy) is 2. The van der Waals surface area contributed by atoms with Crippen LogP contribution in [-0.2, 0) is 36.8 Å². The molecule has 0 heterocycles. The van der Waals surface area contributed by atoms with Crippen molar-refractivity contribution in [2.75, 3.05) is 13.7 Å². The second-order valence-corrected chi connectivity index (χ2v) is 14.0. The van der Waals surface area contributed by atoms with Crippen molar-refractivity contribution in [1.29, 1.82) is 0 Å². The molecule has 45 heavy (non-hydrogen) atoms. The number of hydrogen-bond acceptors (Lipinski definition) is 7. The molecule has 0 amide bonds. The maximum Gasteiger partial charge on any atom is 0.305 e. The molecule has 7 nitrogen and oxygen atoms in total. The van der Waals surface area contributed by atoms with Gasteiger partial charge in [-0.1, -0.05) is 37.6 Å². The Morgan fingerprint density at radius 2 is 1.69 bits per heavy atom. The predicted molar refractivity (Wildman–Crippen MR) is 171 cm³/mol. The van der Waals surface area contributed by atoms with Crippen molar-refractivity contribution in [3.05, 3.63) is 63.7 Å². The lowest BCUT2D eigenvalue weighted by Gasteiger charge is -2.59. The van der Waals surface area contributed by atoms with E-state index in [1.165, 1.54) is 6.92 Å². The number of benzene rings is 2. The number of rotatable bonds is 8. The minimum absolute atomic E-state index is 0.0903. The molecule has 1 unspecified atom stereocenters. The van der Waals surface area contributed by atoms with Crippen LogP contribution in [0.5, 0.6) is 5.75 Å². The van der Waals surface area contributed by atoms with E-state index in [4.69, 9.17) is 9.47 Å². The van der Waals surface area contributed by atoms with Gasteiger partial charge in [0, 0.05) is 35.0 Å². The van der Waals surface area contributed by atoms with Gasteiger partial charge in [-0.15, -0.1) is 0 Å². The van der Waals surface area contributed by atoms with E-state index in [9.17, 15) is 24.0 Å². The van der Waals surface area contributed by atoms with E-state index in [1.54, 1.807) is 14.0 Å². The quantitative estimate of drug-likeness (QED) is 0.239. The number of carbonyl (C=O) groups excluding carboxylic acids is 5. The van der Waals surface area contributed by atoms with E-state index in [1.807, 2.05) is 52.0 Å². The van der Waals surface area contributed by atoms with Crippen molar-refractivity contribution in [3.8, 4) is 16.9 Å². The van der Waals surface area contributed by atoms with Gasteiger partial charge in [0.2, 0.25) is 0 Å². The molecule has 0 bridgehead atoms. The molecule has 4 atom stereocenters. The number of allylic oxidation sites excluding steroid dienone is 2. The monoisotopic (exact) mass is 612 g/mol. The molecule has 7 heteroatoms. The molecular formula is C38H44O7. The van der Waals surface area contributed by atoms with Gasteiger partial charge in [0.05, 0.1) is 19.1 Å². The number of methoxy groups -OCH3 is 1. The highest BCUT2D eigenvalue weighted by Crippen LogP contribution is 2.66. The van der Waals surface area contributed by atoms with Crippen LogP contribution in [0.25, 0.3) is 11.1 Å². The van der Waals surface area contributed by atoms with E-state index in [0.29, 0.717) is 61.2 Å². The normalized spacial score (nSPS) is 27.5. The minimum atomic E-state index is -1.28. The van der Waals surface area contributed by atoms with Crippen LogP contribution in [-0.4, -0.2) is 42.8 Å². The molecule has 3 aliphatic carbocycles. The van der Waals surface area contributed by atoms with Gasteiger partial charge in [-0.3, -0.25) is 24.0 Å². The van der Waals surface area contributed by atoms with Crippen molar-refractivity contribution in [1.82, 2.24) is 0 Å². The zero-order valence-corrected chi connectivity index (χ0v) is 27.8. The van der Waals surface area contributed by atoms with E-state index < -0.39 is 27.9 Å². The van der Waals surface area contributed by atoms with Gasteiger partial charge < -0.3 is 9.47 Å². The Morgan fingerprint density at radius 3 is 2.33 bits per heavy atom. The third-order valence-electron chi connectivity index (χ3n) is 11.0. The first kappa shape index (κ1) is 32.5. The average Bonchev–Trinajstić information content (AvgIpc) is 2.95. The third kappa shape index (κ3) is 4.99. The molecule has 5 rings (SSSR count). The molecule has 2 aromatic carbocycles. The molecule has 0 radical (unpaired) electrons. The minimum Gasteiger partial charge on any atom is -0.496 e. The fraction of sp³-hybridized carbons (Fsp3) is 0.500. The SMILES string of the molecule is CCOC(=O)CCCc1ccc(OC)c(-c2ccc(C)c3c2C[C@@]2(C)C[C@@]4(C)CC(=O)C(C(C)=O)C(=O)[C@@]4(C)C(C)=C2C3=O)c1. The Bertz CT molecular complexity index is 1680. The second-order valence-electron chi connectivity index (χ2n) is 14.0. The predicted octanol–water partition coefficient (Wildman–Crippen LogP) is 6.78. The van der Waals surface area contributed by atoms with Gasteiger partial charge in [-0.2, -0.15) is 0 Å². The van der Waals surface area contributed by atoms with E-state index in [-0.39, 0.29) is 29.7 Å². The zero-order valence-electron chi connectivity index (χ0n) is 27.8. The molecule has 0 N–H and O–H groups in total. The highest BCUT2D eigenvalue weighted by Gasteiger charge is 2.66. The van der Waals surface area contributed by atoms with Crippen molar-refractivity contribution in [2.45, 2.75) is 87.0 Å². The van der Waals surface area contributed by atoms with Crippen molar-refractivity contribution in [2.24, 2.45) is 22.2 Å². The highest BCUT2D eigenvalue weighted by atomic mass is 16.5. The molecule has 2 aromatic rings. The van der Waals surface area contributed by atoms with E-state index in [2.05, 4.69) is 13.0 Å². The van der Waals surface area contributed by atoms with Crippen LogP contribution < -0.4 is 4.74 Å². The summed E-state index contributed by atoms with van der Waals surface area (Å²) in [6.45, 7) is 13.2. The fourth-order valence-corrected chi connectivity index (χ4v) is 8.75. The second kappa shape index (κ2) is 11.5. The summed E-state index contributed by atoms with van der Waals surface area (Å²) in [6.07, 6.45) is 2.81. The summed E-state index contributed by atoms with van der Waals surface area (Å²) in [5.41, 5.74) is 4.12. The van der Waals surface area contributed by atoms with Crippen LogP contribution in [0, 0.1) is 29.1 Å². The lowest BCUT2D eigenvalue weighted by Crippen LogP contribution is -2.61. The maximum atomic E-state index is 14.7. The number of aryl methyl sites for hydroxylation is 2. The van der Waals surface area contributed by atoms with Crippen LogP contribution in [0.15, 0.2) is 41.5 Å². The fourth-order valence-electron chi connectivity index (χ4n) is 8.75. The van der Waals surface area contributed by atoms with Crippen molar-refractivity contribution < 1.29 is 33.4 Å². The first-order valence-corrected chi connectivity index (χ1v) is 15.9. The summed E-state index contributed by atoms with van der Waals surface area (Å²) >= 11 is 0. The van der Waals surface area contributed by atoms with Gasteiger partial charge >= 0.3 is 5.97 Å². The molecule has 0 aromatic heterocycles. The molecular weight excluding hydrogens is 568 g/mol. The Labute approximate surface area is 265 Å². The standard InChI is InChI=1S/C38H44O7/c1-9-45-30(41)12-10-11-24-14-16-29(44-8)26(17-24)25-15-13-21(2)31-27(25)18-36(5)20-37(6)19-28(40)32(23(4)39)35(43)38(37,7)22(3)33(36)34(31)42/h13-17,32H,9-12,18-20H2,1-8H3/t32?,36-,37+,38+/m0/s1. The topological polar surface area (TPSA) is 104 Å². The molecule has 1 fully saturated rings. The number of ketones is 4. The van der Waals surface area contributed by atoms with Crippen LogP contribution in [0.2, 0.25) is 0 Å². The third-order valence-corrected chi connectivity index (χ3v) is 11.0. The van der Waals surface area contributed by atoms with E-state index in [0.717, 1.165) is 27.8 Å². The smallest absolute Gasteiger partial charge is 0.305 e. The van der Waals surface area contributed by atoms with Gasteiger partial charge in [-0.25, -0.2) is 0 Å². The van der Waals surface area contributed by atoms with Crippen LogP contribution in [0.1, 0.15) is 94.3 Å². The Kier molecular flexibility index (Phi) is 8.30. The lowest BCUT2D eigenvalue weighted by atomic mass is 9.41. The molecule has 0 spiro atoms. The van der Waals surface area contributed by atoms with Gasteiger partial charge in [-0.05, 0) is 100 Å². The van der Waals surface area contributed by atoms with Crippen LogP contribution >= 0.6 is 0 Å². The zero-order chi connectivity index (χ0) is 33.1. The number of hydrogen-bond donors (Lipinski definition) is 0. The summed E-state index contributed by atoms with van der Waals surface area (Å²) < 4.78 is 10.9. The lowest BCUT2D eigenvalue weighted by molar-refractivity contribution is -0.157. The van der Waals surface area contributed by atoms with Gasteiger partial charge in [0.15, 0.2) is 17.3 Å².